The number of nitrogens with zero attached hydrogens (tertiary/aromatic N) is 1. The summed E-state index contributed by atoms with van der Waals surface area (Å²) in [6.07, 6.45) is 0. The lowest BCUT2D eigenvalue weighted by molar-refractivity contribution is -0.380. The molecule has 2 N–H and O–H groups in total. The fourth-order valence-electron chi connectivity index (χ4n) is 0.664. The van der Waals surface area contributed by atoms with Gasteiger partial charge in [0.05, 0.1) is 8.71 Å². The zero-order valence-electron chi connectivity index (χ0n) is 7.32. The number of hydrogen-bond acceptors (Lipinski definition) is 4. The quantitative estimate of drug-likeness (QED) is 0.228. The van der Waals surface area contributed by atoms with Crippen LogP contribution in [0.5, 0.6) is 0 Å². The highest BCUT2D eigenvalue weighted by molar-refractivity contribution is 14.3. The van der Waals surface area contributed by atoms with Gasteiger partial charge in [-0.2, -0.15) is 0 Å². The molecule has 90 valence electrons. The van der Waals surface area contributed by atoms with Gasteiger partial charge in [-0.3, -0.25) is 14.9 Å². The number of alkyl halides is 3. The molecule has 0 aliphatic carbocycles. The van der Waals surface area contributed by atoms with Crippen molar-refractivity contribution in [3.63, 3.8) is 0 Å². The molecule has 1 amide bonds. The molecule has 16 heavy (non-hydrogen) atoms. The SMILES string of the molecule is IC(I)I.NC(=O)c1cc(Br)sc1[N+](=O)[O-]. The highest BCUT2D eigenvalue weighted by Crippen LogP contribution is 2.33. The number of amides is 1. The number of carbonyl (C=O) groups is 1. The van der Waals surface area contributed by atoms with Crippen LogP contribution in [0, 0.1) is 10.1 Å². The average molecular weight is 645 g/mol. The molecule has 0 radical (unpaired) electrons. The summed E-state index contributed by atoms with van der Waals surface area (Å²) < 4.78 is 1.26. The maximum absolute atomic E-state index is 10.6. The van der Waals surface area contributed by atoms with Gasteiger partial charge in [0.15, 0.2) is 0 Å². The van der Waals surface area contributed by atoms with E-state index in [9.17, 15) is 14.9 Å². The molecule has 0 aromatic carbocycles. The Morgan fingerprint density at radius 3 is 2.25 bits per heavy atom. The van der Waals surface area contributed by atoms with E-state index in [2.05, 4.69) is 83.7 Å². The fourth-order valence-corrected chi connectivity index (χ4v) is 2.06. The zero-order chi connectivity index (χ0) is 12.9. The van der Waals surface area contributed by atoms with Gasteiger partial charge in [-0.1, -0.05) is 79.1 Å². The smallest absolute Gasteiger partial charge is 0.337 e. The van der Waals surface area contributed by atoms with Crippen LogP contribution >= 0.6 is 95.0 Å². The maximum atomic E-state index is 10.6. The first-order chi connectivity index (χ1) is 7.25. The maximum Gasteiger partial charge on any atom is 0.337 e. The number of thiophene rings is 1. The van der Waals surface area contributed by atoms with Gasteiger partial charge in [0.25, 0.3) is 5.91 Å². The molecule has 5 nitrogen and oxygen atoms in total. The van der Waals surface area contributed by atoms with Gasteiger partial charge in [-0.25, -0.2) is 0 Å². The van der Waals surface area contributed by atoms with E-state index in [1.807, 2.05) is 0 Å². The summed E-state index contributed by atoms with van der Waals surface area (Å²) in [7, 11) is 0. The highest BCUT2D eigenvalue weighted by atomic mass is 127. The Hall–Kier alpha value is 1.24. The summed E-state index contributed by atoms with van der Waals surface area (Å²) in [6.45, 7) is 0. The summed E-state index contributed by atoms with van der Waals surface area (Å²) in [5.74, 6) is -0.788. The first-order valence-electron chi connectivity index (χ1n) is 3.41. The zero-order valence-corrected chi connectivity index (χ0v) is 16.2. The van der Waals surface area contributed by atoms with Crippen LogP contribution in [0.4, 0.5) is 5.00 Å². The molecule has 1 heterocycles. The molecule has 0 spiro atoms. The molecule has 1 aromatic rings. The van der Waals surface area contributed by atoms with Crippen molar-refractivity contribution >= 4 is 106 Å². The van der Waals surface area contributed by atoms with Gasteiger partial charge in [0.1, 0.15) is 5.50 Å². The summed E-state index contributed by atoms with van der Waals surface area (Å²) in [5, 5.41) is 10.1. The van der Waals surface area contributed by atoms with Gasteiger partial charge >= 0.3 is 5.00 Å². The topological polar surface area (TPSA) is 86.2 Å². The molecular formula is C6H4BrI3N2O3S. The van der Waals surface area contributed by atoms with Gasteiger partial charge in [0.2, 0.25) is 0 Å². The van der Waals surface area contributed by atoms with Crippen LogP contribution in [0.1, 0.15) is 10.4 Å². The van der Waals surface area contributed by atoms with E-state index in [-0.39, 0.29) is 10.6 Å². The lowest BCUT2D eigenvalue weighted by Gasteiger charge is -1.87. The largest absolute Gasteiger partial charge is 0.365 e. The molecule has 0 fully saturated rings. The minimum Gasteiger partial charge on any atom is -0.365 e. The van der Waals surface area contributed by atoms with Crippen molar-refractivity contribution in [3.8, 4) is 0 Å². The lowest BCUT2D eigenvalue weighted by atomic mass is 10.3. The number of rotatable bonds is 2. The van der Waals surface area contributed by atoms with Gasteiger partial charge in [0, 0.05) is 0 Å². The van der Waals surface area contributed by atoms with Crippen molar-refractivity contribution in [3.05, 3.63) is 25.5 Å². The summed E-state index contributed by atoms with van der Waals surface area (Å²) >= 11 is 10.8. The molecule has 0 aliphatic rings. The summed E-state index contributed by atoms with van der Waals surface area (Å²) in [4.78, 5) is 20.3. The van der Waals surface area contributed by atoms with Gasteiger partial charge in [-0.15, -0.1) is 0 Å². The van der Waals surface area contributed by atoms with Gasteiger partial charge in [-0.05, 0) is 22.0 Å². The van der Waals surface area contributed by atoms with E-state index in [0.717, 1.165) is 11.3 Å². The third kappa shape index (κ3) is 6.85. The molecule has 1 rings (SSSR count). The van der Waals surface area contributed by atoms with Crippen molar-refractivity contribution in [1.29, 1.82) is 0 Å². The van der Waals surface area contributed by atoms with E-state index >= 15 is 0 Å². The van der Waals surface area contributed by atoms with Crippen LogP contribution in [-0.4, -0.2) is 10.8 Å². The average Bonchev–Trinajstić information content (AvgIpc) is 2.46. The third-order valence-electron chi connectivity index (χ3n) is 1.11. The molecular weight excluding hydrogens is 641 g/mol. The molecule has 10 heteroatoms. The van der Waals surface area contributed by atoms with Crippen molar-refractivity contribution in [2.24, 2.45) is 5.73 Å². The number of hydrogen-bond donors (Lipinski definition) is 1. The Morgan fingerprint density at radius 2 is 2.00 bits per heavy atom. The predicted molar refractivity (Wildman–Crippen MR) is 93.0 cm³/mol. The number of nitrogens with two attached hydrogens (primary N) is 1. The number of carbonyl (C=O) groups excluding carboxylic acids is 1. The summed E-state index contributed by atoms with van der Waals surface area (Å²) in [5.41, 5.74) is 4.85. The fraction of sp³-hybridized carbons (Fsp3) is 0.167. The Bertz CT molecular complexity index is 364. The molecule has 0 saturated heterocycles. The lowest BCUT2D eigenvalue weighted by Crippen LogP contribution is -2.11. The second kappa shape index (κ2) is 8.36. The highest BCUT2D eigenvalue weighted by Gasteiger charge is 2.21. The monoisotopic (exact) mass is 644 g/mol. The predicted octanol–water partition coefficient (Wildman–Crippen LogP) is 4.09. The first-order valence-corrected chi connectivity index (χ1v) is 8.76. The molecule has 0 saturated carbocycles. The molecule has 0 aliphatic heterocycles. The molecule has 0 bridgehead atoms. The van der Waals surface area contributed by atoms with Crippen LogP contribution in [0.25, 0.3) is 0 Å². The Kier molecular flexibility index (Phi) is 9.01. The second-order valence-corrected chi connectivity index (χ2v) is 15.4. The minimum absolute atomic E-state index is 0.0584. The van der Waals surface area contributed by atoms with Crippen LogP contribution in [0.15, 0.2) is 9.85 Å². The van der Waals surface area contributed by atoms with E-state index < -0.39 is 10.8 Å². The van der Waals surface area contributed by atoms with Crippen molar-refractivity contribution in [1.82, 2.24) is 0 Å². The normalized spacial score (nSPS) is 9.56. The number of halogens is 4. The minimum atomic E-state index is -0.788. The number of nitro groups is 1. The second-order valence-electron chi connectivity index (χ2n) is 2.14. The first kappa shape index (κ1) is 17.2. The number of primary amides is 1. The Balaban J connectivity index is 0.000000487. The van der Waals surface area contributed by atoms with Crippen LogP contribution in [-0.2, 0) is 0 Å². The van der Waals surface area contributed by atoms with E-state index in [4.69, 9.17) is 5.73 Å². The standard InChI is InChI=1S/C5H3BrN2O3S.CHI3/c6-3-1-2(4(7)9)5(12-3)8(10)11;2-1(3)4/h1H,(H2,7,9);1H. The third-order valence-corrected chi connectivity index (χ3v) is 2.70. The van der Waals surface area contributed by atoms with Gasteiger partial charge < -0.3 is 5.73 Å². The Morgan fingerprint density at radius 1 is 1.56 bits per heavy atom. The Labute approximate surface area is 145 Å². The van der Waals surface area contributed by atoms with E-state index in [1.54, 1.807) is 0 Å². The van der Waals surface area contributed by atoms with Crippen LogP contribution in [0.2, 0.25) is 0 Å². The van der Waals surface area contributed by atoms with Crippen molar-refractivity contribution < 1.29 is 9.72 Å². The summed E-state index contributed by atoms with van der Waals surface area (Å²) in [6, 6.07) is 1.34. The van der Waals surface area contributed by atoms with Crippen LogP contribution in [0.3, 0.4) is 0 Å². The molecule has 1 aromatic heterocycles. The van der Waals surface area contributed by atoms with Crippen molar-refractivity contribution in [2.45, 2.75) is -0.0619 Å². The van der Waals surface area contributed by atoms with E-state index in [0.29, 0.717) is 3.79 Å². The molecule has 0 unspecified atom stereocenters. The molecule has 0 atom stereocenters. The van der Waals surface area contributed by atoms with E-state index in [1.165, 1.54) is 6.07 Å². The van der Waals surface area contributed by atoms with Crippen LogP contribution < -0.4 is 5.73 Å². The van der Waals surface area contributed by atoms with Crippen molar-refractivity contribution in [2.75, 3.05) is 0 Å².